The van der Waals surface area contributed by atoms with Crippen molar-refractivity contribution >= 4 is 29.0 Å². The van der Waals surface area contributed by atoms with Crippen molar-refractivity contribution in [3.05, 3.63) is 39.9 Å². The second-order valence-electron chi connectivity index (χ2n) is 6.14. The monoisotopic (exact) mass is 408 g/mol. The van der Waals surface area contributed by atoms with Crippen LogP contribution in [0.25, 0.3) is 0 Å². The van der Waals surface area contributed by atoms with Crippen LogP contribution in [0.2, 0.25) is 10.0 Å². The van der Waals surface area contributed by atoms with Gasteiger partial charge >= 0.3 is 6.18 Å². The number of hydrogen-bond acceptors (Lipinski definition) is 5. The lowest BCUT2D eigenvalue weighted by Gasteiger charge is -2.27. The molecule has 0 bridgehead atoms. The summed E-state index contributed by atoms with van der Waals surface area (Å²) in [6.45, 7) is 5.61. The SMILES string of the molecule is CCc1ncnc(NC(C)(C)COc2ncc(C(F)(F)F)cc2Cl)c1Cl. The van der Waals surface area contributed by atoms with E-state index in [2.05, 4.69) is 20.3 Å². The quantitative estimate of drug-likeness (QED) is 0.726. The largest absolute Gasteiger partial charge is 0.474 e. The highest BCUT2D eigenvalue weighted by Gasteiger charge is 2.32. The highest BCUT2D eigenvalue weighted by Crippen LogP contribution is 2.33. The summed E-state index contributed by atoms with van der Waals surface area (Å²) >= 11 is 12.1. The molecule has 0 aliphatic carbocycles. The third kappa shape index (κ3) is 5.11. The van der Waals surface area contributed by atoms with Crippen molar-refractivity contribution < 1.29 is 17.9 Å². The Morgan fingerprint density at radius 3 is 2.42 bits per heavy atom. The third-order valence-electron chi connectivity index (χ3n) is 3.36. The predicted molar refractivity (Wildman–Crippen MR) is 93.9 cm³/mol. The van der Waals surface area contributed by atoms with Crippen LogP contribution in [0.5, 0.6) is 5.88 Å². The number of aromatic nitrogens is 3. The molecule has 2 aromatic heterocycles. The van der Waals surface area contributed by atoms with Crippen LogP contribution in [0.15, 0.2) is 18.6 Å². The molecule has 0 fully saturated rings. The van der Waals surface area contributed by atoms with E-state index in [1.165, 1.54) is 6.33 Å². The Morgan fingerprint density at radius 2 is 1.85 bits per heavy atom. The third-order valence-corrected chi connectivity index (χ3v) is 4.03. The number of alkyl halides is 3. The number of nitrogens with one attached hydrogen (secondary N) is 1. The maximum Gasteiger partial charge on any atom is 0.417 e. The second-order valence-corrected chi connectivity index (χ2v) is 6.93. The number of hydrogen-bond donors (Lipinski definition) is 1. The maximum absolute atomic E-state index is 12.6. The lowest BCUT2D eigenvalue weighted by molar-refractivity contribution is -0.137. The summed E-state index contributed by atoms with van der Waals surface area (Å²) in [4.78, 5) is 11.8. The Labute approximate surface area is 158 Å². The summed E-state index contributed by atoms with van der Waals surface area (Å²) in [5.74, 6) is 0.358. The van der Waals surface area contributed by atoms with Gasteiger partial charge in [0, 0.05) is 6.20 Å². The van der Waals surface area contributed by atoms with Crippen LogP contribution < -0.4 is 10.1 Å². The molecule has 0 aliphatic heterocycles. The maximum atomic E-state index is 12.6. The van der Waals surface area contributed by atoms with E-state index in [-0.39, 0.29) is 17.5 Å². The zero-order valence-electron chi connectivity index (χ0n) is 14.3. The summed E-state index contributed by atoms with van der Waals surface area (Å²) in [5.41, 5.74) is -0.892. The molecular weight excluding hydrogens is 392 g/mol. The molecule has 2 aromatic rings. The molecule has 0 unspecified atom stereocenters. The molecule has 0 amide bonds. The molecule has 0 atom stereocenters. The molecule has 26 heavy (non-hydrogen) atoms. The summed E-state index contributed by atoms with van der Waals surface area (Å²) in [7, 11) is 0. The van der Waals surface area contributed by atoms with E-state index >= 15 is 0 Å². The van der Waals surface area contributed by atoms with Crippen LogP contribution >= 0.6 is 23.2 Å². The van der Waals surface area contributed by atoms with Crippen molar-refractivity contribution in [2.24, 2.45) is 0 Å². The normalized spacial score (nSPS) is 12.2. The first-order valence-electron chi connectivity index (χ1n) is 7.66. The first kappa shape index (κ1) is 20.5. The standard InChI is InChI=1S/C16H17Cl2F3N4O/c1-4-11-12(18)13(24-8-23-11)25-15(2,3)7-26-14-10(17)5-9(6-22-14)16(19,20)21/h5-6,8H,4,7H2,1-3H3,(H,23,24,25). The summed E-state index contributed by atoms with van der Waals surface area (Å²) < 4.78 is 43.4. The zero-order valence-corrected chi connectivity index (χ0v) is 15.8. The first-order valence-corrected chi connectivity index (χ1v) is 8.42. The highest BCUT2D eigenvalue weighted by atomic mass is 35.5. The minimum atomic E-state index is -4.52. The van der Waals surface area contributed by atoms with Crippen LogP contribution in [-0.2, 0) is 12.6 Å². The molecule has 2 heterocycles. The molecule has 0 spiro atoms. The van der Waals surface area contributed by atoms with E-state index in [0.29, 0.717) is 29.2 Å². The van der Waals surface area contributed by atoms with Crippen LogP contribution in [0.4, 0.5) is 19.0 Å². The minimum absolute atomic E-state index is 0.0624. The molecule has 10 heteroatoms. The van der Waals surface area contributed by atoms with Crippen LogP contribution in [0.3, 0.4) is 0 Å². The lowest BCUT2D eigenvalue weighted by atomic mass is 10.1. The van der Waals surface area contributed by atoms with Crippen molar-refractivity contribution in [2.45, 2.75) is 38.9 Å². The van der Waals surface area contributed by atoms with Crippen molar-refractivity contribution in [3.8, 4) is 5.88 Å². The minimum Gasteiger partial charge on any atom is -0.474 e. The number of ether oxygens (including phenoxy) is 1. The second kappa shape index (κ2) is 7.84. The van der Waals surface area contributed by atoms with Gasteiger partial charge in [-0.1, -0.05) is 30.1 Å². The molecule has 0 saturated carbocycles. The van der Waals surface area contributed by atoms with Gasteiger partial charge in [-0.3, -0.25) is 0 Å². The van der Waals surface area contributed by atoms with Gasteiger partial charge in [0.25, 0.3) is 0 Å². The van der Waals surface area contributed by atoms with Gasteiger partial charge in [0.1, 0.15) is 28.8 Å². The van der Waals surface area contributed by atoms with E-state index in [1.54, 1.807) is 0 Å². The van der Waals surface area contributed by atoms with E-state index in [0.717, 1.165) is 6.07 Å². The van der Waals surface area contributed by atoms with Crippen LogP contribution in [0, 0.1) is 0 Å². The van der Waals surface area contributed by atoms with Gasteiger partial charge in [-0.2, -0.15) is 13.2 Å². The number of anilines is 1. The fourth-order valence-corrected chi connectivity index (χ4v) is 2.53. The highest BCUT2D eigenvalue weighted by molar-refractivity contribution is 6.33. The van der Waals surface area contributed by atoms with Crippen LogP contribution in [0.1, 0.15) is 32.0 Å². The summed E-state index contributed by atoms with van der Waals surface area (Å²) in [6.07, 6.45) is -1.79. The number of nitrogens with zero attached hydrogens (tertiary/aromatic N) is 3. The van der Waals surface area contributed by atoms with Crippen molar-refractivity contribution in [3.63, 3.8) is 0 Å². The van der Waals surface area contributed by atoms with Gasteiger partial charge in [0.2, 0.25) is 5.88 Å². The molecule has 0 saturated heterocycles. The van der Waals surface area contributed by atoms with E-state index < -0.39 is 17.3 Å². The van der Waals surface area contributed by atoms with Gasteiger partial charge in [-0.05, 0) is 26.3 Å². The lowest BCUT2D eigenvalue weighted by Crippen LogP contribution is -2.38. The van der Waals surface area contributed by atoms with Crippen molar-refractivity contribution in [2.75, 3.05) is 11.9 Å². The van der Waals surface area contributed by atoms with Gasteiger partial charge in [0.05, 0.1) is 16.8 Å². The van der Waals surface area contributed by atoms with Gasteiger partial charge < -0.3 is 10.1 Å². The first-order chi connectivity index (χ1) is 12.0. The smallest absolute Gasteiger partial charge is 0.417 e. The number of rotatable bonds is 6. The summed E-state index contributed by atoms with van der Waals surface area (Å²) in [6, 6.07) is 0.777. The Hall–Kier alpha value is -1.80. The number of aryl methyl sites for hydroxylation is 1. The van der Waals surface area contributed by atoms with E-state index in [4.69, 9.17) is 27.9 Å². The Bertz CT molecular complexity index is 785. The van der Waals surface area contributed by atoms with E-state index in [9.17, 15) is 13.2 Å². The average molecular weight is 409 g/mol. The number of halogens is 5. The fourth-order valence-electron chi connectivity index (χ4n) is 2.03. The van der Waals surface area contributed by atoms with Crippen molar-refractivity contribution in [1.29, 1.82) is 0 Å². The van der Waals surface area contributed by atoms with Crippen LogP contribution in [-0.4, -0.2) is 27.1 Å². The fraction of sp³-hybridized carbons (Fsp3) is 0.438. The molecular formula is C16H17Cl2F3N4O. The average Bonchev–Trinajstić information content (AvgIpc) is 2.54. The molecule has 5 nitrogen and oxygen atoms in total. The number of pyridine rings is 1. The summed E-state index contributed by atoms with van der Waals surface area (Å²) in [5, 5.41) is 3.32. The molecule has 2 rings (SSSR count). The molecule has 0 aromatic carbocycles. The van der Waals surface area contributed by atoms with Gasteiger partial charge in [0.15, 0.2) is 0 Å². The molecule has 0 aliphatic rings. The molecule has 1 N–H and O–H groups in total. The van der Waals surface area contributed by atoms with Gasteiger partial charge in [-0.15, -0.1) is 0 Å². The topological polar surface area (TPSA) is 59.9 Å². The predicted octanol–water partition coefficient (Wildman–Crippen LogP) is 5.03. The van der Waals surface area contributed by atoms with E-state index in [1.807, 2.05) is 20.8 Å². The Kier molecular flexibility index (Phi) is 6.18. The Morgan fingerprint density at radius 1 is 1.15 bits per heavy atom. The molecule has 142 valence electrons. The zero-order chi connectivity index (χ0) is 19.5. The van der Waals surface area contributed by atoms with Gasteiger partial charge in [-0.25, -0.2) is 15.0 Å². The molecule has 0 radical (unpaired) electrons. The Balaban J connectivity index is 2.09. The van der Waals surface area contributed by atoms with Crippen molar-refractivity contribution in [1.82, 2.24) is 15.0 Å².